The van der Waals surface area contributed by atoms with Crippen LogP contribution >= 0.6 is 0 Å². The zero-order valence-corrected chi connectivity index (χ0v) is 14.4. The molecule has 1 rings (SSSR count). The van der Waals surface area contributed by atoms with Crippen molar-refractivity contribution in [3.63, 3.8) is 0 Å². The molecule has 0 saturated heterocycles. The summed E-state index contributed by atoms with van der Waals surface area (Å²) in [5, 5.41) is 12.4. The number of pyridine rings is 1. The van der Waals surface area contributed by atoms with Gasteiger partial charge in [-0.05, 0) is 44.7 Å². The van der Waals surface area contributed by atoms with Crippen LogP contribution in [0.25, 0.3) is 0 Å². The van der Waals surface area contributed by atoms with Crippen molar-refractivity contribution in [3.8, 4) is 0 Å². The lowest BCUT2D eigenvalue weighted by Gasteiger charge is -2.34. The van der Waals surface area contributed by atoms with E-state index in [4.69, 9.17) is 4.74 Å². The first kappa shape index (κ1) is 18.9. The van der Waals surface area contributed by atoms with Crippen molar-refractivity contribution >= 4 is 12.1 Å². The topological polar surface area (TPSA) is 88.5 Å². The molecule has 1 atom stereocenters. The molecule has 0 aliphatic carbocycles. The highest BCUT2D eigenvalue weighted by molar-refractivity contribution is 5.77. The maximum Gasteiger partial charge on any atom is 0.407 e. The highest BCUT2D eigenvalue weighted by atomic mass is 16.6. The van der Waals surface area contributed by atoms with Gasteiger partial charge in [0.25, 0.3) is 0 Å². The Kier molecular flexibility index (Phi) is 6.12. The van der Waals surface area contributed by atoms with Crippen LogP contribution in [0.2, 0.25) is 0 Å². The van der Waals surface area contributed by atoms with Gasteiger partial charge in [0.2, 0.25) is 0 Å². The van der Waals surface area contributed by atoms with Gasteiger partial charge in [-0.25, -0.2) is 4.79 Å². The number of alkyl carbamates (subject to hydrolysis) is 1. The van der Waals surface area contributed by atoms with Gasteiger partial charge < -0.3 is 15.2 Å². The number of hydrogen-bond donors (Lipinski definition) is 2. The first-order valence-electron chi connectivity index (χ1n) is 7.66. The number of carboxylic acid groups (broad SMARTS) is 1. The first-order chi connectivity index (χ1) is 10.6. The standard InChI is InChI=1S/C17H26N2O4/c1-12(2)17(14(20)21,9-13-7-6-8-18-10-13)11-19-15(22)23-16(3,4)5/h6-8,10,12H,9,11H2,1-5H3,(H,19,22)(H,20,21). The molecule has 23 heavy (non-hydrogen) atoms. The smallest absolute Gasteiger partial charge is 0.407 e. The van der Waals surface area contributed by atoms with Crippen LogP contribution < -0.4 is 5.32 Å². The molecule has 0 aliphatic heterocycles. The van der Waals surface area contributed by atoms with Crippen LogP contribution in [0.1, 0.15) is 40.2 Å². The number of nitrogens with one attached hydrogen (secondary N) is 1. The van der Waals surface area contributed by atoms with Gasteiger partial charge in [-0.15, -0.1) is 0 Å². The third-order valence-electron chi connectivity index (χ3n) is 3.72. The van der Waals surface area contributed by atoms with Crippen LogP contribution in [0.3, 0.4) is 0 Å². The third kappa shape index (κ3) is 5.54. The zero-order valence-electron chi connectivity index (χ0n) is 14.4. The quantitative estimate of drug-likeness (QED) is 0.840. The van der Waals surface area contributed by atoms with E-state index in [1.165, 1.54) is 0 Å². The second-order valence-corrected chi connectivity index (χ2v) is 7.01. The largest absolute Gasteiger partial charge is 0.481 e. The summed E-state index contributed by atoms with van der Waals surface area (Å²) < 4.78 is 5.19. The first-order valence-corrected chi connectivity index (χ1v) is 7.66. The summed E-state index contributed by atoms with van der Waals surface area (Å²) in [6.07, 6.45) is 2.95. The minimum Gasteiger partial charge on any atom is -0.481 e. The molecule has 1 heterocycles. The van der Waals surface area contributed by atoms with Gasteiger partial charge >= 0.3 is 12.1 Å². The van der Waals surface area contributed by atoms with Gasteiger partial charge in [0, 0.05) is 18.9 Å². The van der Waals surface area contributed by atoms with Crippen molar-refractivity contribution in [1.82, 2.24) is 10.3 Å². The molecule has 0 saturated carbocycles. The van der Waals surface area contributed by atoms with Crippen molar-refractivity contribution in [2.75, 3.05) is 6.54 Å². The summed E-state index contributed by atoms with van der Waals surface area (Å²) in [6.45, 7) is 8.94. The predicted molar refractivity (Wildman–Crippen MR) is 87.1 cm³/mol. The van der Waals surface area contributed by atoms with Crippen LogP contribution in [-0.2, 0) is 16.0 Å². The number of rotatable bonds is 6. The number of amides is 1. The molecule has 0 fully saturated rings. The number of carboxylic acids is 1. The van der Waals surface area contributed by atoms with Gasteiger partial charge in [-0.3, -0.25) is 9.78 Å². The Bertz CT molecular complexity index is 537. The average molecular weight is 322 g/mol. The maximum atomic E-state index is 12.0. The molecule has 1 unspecified atom stereocenters. The lowest BCUT2D eigenvalue weighted by atomic mass is 9.72. The molecule has 6 heteroatoms. The second-order valence-electron chi connectivity index (χ2n) is 7.01. The van der Waals surface area contributed by atoms with Crippen LogP contribution in [0.4, 0.5) is 4.79 Å². The fraction of sp³-hybridized carbons (Fsp3) is 0.588. The molecule has 0 spiro atoms. The summed E-state index contributed by atoms with van der Waals surface area (Å²) >= 11 is 0. The monoisotopic (exact) mass is 322 g/mol. The molecular formula is C17H26N2O4. The third-order valence-corrected chi connectivity index (χ3v) is 3.72. The number of ether oxygens (including phenoxy) is 1. The van der Waals surface area contributed by atoms with Crippen LogP contribution in [0.15, 0.2) is 24.5 Å². The molecule has 0 radical (unpaired) electrons. The molecule has 2 N–H and O–H groups in total. The molecule has 0 aromatic carbocycles. The number of aromatic nitrogens is 1. The summed E-state index contributed by atoms with van der Waals surface area (Å²) in [4.78, 5) is 27.8. The minimum absolute atomic E-state index is 0.0101. The highest BCUT2D eigenvalue weighted by Gasteiger charge is 2.42. The van der Waals surface area contributed by atoms with Crippen molar-refractivity contribution in [2.24, 2.45) is 11.3 Å². The summed E-state index contributed by atoms with van der Waals surface area (Å²) in [6, 6.07) is 3.60. The van der Waals surface area contributed by atoms with Gasteiger partial charge in [0.05, 0.1) is 5.41 Å². The number of nitrogens with zero attached hydrogens (tertiary/aromatic N) is 1. The number of carbonyl (C=O) groups excluding carboxylic acids is 1. The molecule has 0 aliphatic rings. The van der Waals surface area contributed by atoms with E-state index in [-0.39, 0.29) is 18.9 Å². The average Bonchev–Trinajstić information content (AvgIpc) is 2.42. The molecule has 1 aromatic rings. The van der Waals surface area contributed by atoms with Crippen molar-refractivity contribution < 1.29 is 19.4 Å². The fourth-order valence-corrected chi connectivity index (χ4v) is 2.28. The van der Waals surface area contributed by atoms with E-state index < -0.39 is 23.1 Å². The van der Waals surface area contributed by atoms with Crippen LogP contribution in [0, 0.1) is 11.3 Å². The summed E-state index contributed by atoms with van der Waals surface area (Å²) in [5.41, 5.74) is -0.938. The SMILES string of the molecule is CC(C)C(CNC(=O)OC(C)(C)C)(Cc1cccnc1)C(=O)O. The van der Waals surface area contributed by atoms with Gasteiger partial charge in [-0.2, -0.15) is 0 Å². The molecule has 6 nitrogen and oxygen atoms in total. The lowest BCUT2D eigenvalue weighted by Crippen LogP contribution is -2.49. The predicted octanol–water partition coefficient (Wildman–Crippen LogP) is 2.88. The second kappa shape index (κ2) is 7.44. The van der Waals surface area contributed by atoms with Crippen LogP contribution in [0.5, 0.6) is 0 Å². The molecule has 1 amide bonds. The molecule has 0 bridgehead atoms. The number of aliphatic carboxylic acids is 1. The molecular weight excluding hydrogens is 296 g/mol. The van der Waals surface area contributed by atoms with E-state index in [1.54, 1.807) is 39.2 Å². The zero-order chi connectivity index (χ0) is 17.7. The Morgan fingerprint density at radius 1 is 1.35 bits per heavy atom. The van der Waals surface area contributed by atoms with Gasteiger partial charge in [0.1, 0.15) is 5.60 Å². The van der Waals surface area contributed by atoms with Crippen molar-refractivity contribution in [2.45, 2.75) is 46.6 Å². The Balaban J connectivity index is 2.92. The van der Waals surface area contributed by atoms with E-state index in [9.17, 15) is 14.7 Å². The number of hydrogen-bond acceptors (Lipinski definition) is 4. The maximum absolute atomic E-state index is 12.0. The van der Waals surface area contributed by atoms with E-state index in [1.807, 2.05) is 19.9 Å². The summed E-state index contributed by atoms with van der Waals surface area (Å²) in [5.74, 6) is -1.14. The van der Waals surface area contributed by atoms with Gasteiger partial charge in [-0.1, -0.05) is 19.9 Å². The Labute approximate surface area is 137 Å². The Hall–Kier alpha value is -2.11. The van der Waals surface area contributed by atoms with Crippen molar-refractivity contribution in [3.05, 3.63) is 30.1 Å². The fourth-order valence-electron chi connectivity index (χ4n) is 2.28. The van der Waals surface area contributed by atoms with E-state index in [2.05, 4.69) is 10.3 Å². The van der Waals surface area contributed by atoms with E-state index in [0.717, 1.165) is 5.56 Å². The summed E-state index contributed by atoms with van der Waals surface area (Å²) in [7, 11) is 0. The van der Waals surface area contributed by atoms with E-state index in [0.29, 0.717) is 0 Å². The molecule has 1 aromatic heterocycles. The highest BCUT2D eigenvalue weighted by Crippen LogP contribution is 2.32. The van der Waals surface area contributed by atoms with Crippen LogP contribution in [-0.4, -0.2) is 34.3 Å². The minimum atomic E-state index is -1.13. The van der Waals surface area contributed by atoms with Crippen molar-refractivity contribution in [1.29, 1.82) is 0 Å². The van der Waals surface area contributed by atoms with E-state index >= 15 is 0 Å². The molecule has 128 valence electrons. The normalized spacial score (nSPS) is 14.2. The Morgan fingerprint density at radius 3 is 2.43 bits per heavy atom. The van der Waals surface area contributed by atoms with Gasteiger partial charge in [0.15, 0.2) is 0 Å². The lowest BCUT2D eigenvalue weighted by molar-refractivity contribution is -0.151. The Morgan fingerprint density at radius 2 is 2.00 bits per heavy atom. The number of carbonyl (C=O) groups is 2.